The number of amides is 2. The van der Waals surface area contributed by atoms with Crippen molar-refractivity contribution in [2.45, 2.75) is 56.3 Å². The van der Waals surface area contributed by atoms with E-state index in [-0.39, 0.29) is 29.6 Å². The minimum absolute atomic E-state index is 0.0282. The van der Waals surface area contributed by atoms with Crippen molar-refractivity contribution in [1.82, 2.24) is 20.4 Å². The van der Waals surface area contributed by atoms with Crippen LogP contribution in [0.1, 0.15) is 48.8 Å². The maximum Gasteiger partial charge on any atom is 0.407 e. The van der Waals surface area contributed by atoms with Crippen molar-refractivity contribution >= 4 is 17.7 Å². The van der Waals surface area contributed by atoms with E-state index in [4.69, 9.17) is 4.74 Å². The average molecular weight is 649 g/mol. The predicted octanol–water partition coefficient (Wildman–Crippen LogP) is 4.21. The highest BCUT2D eigenvalue weighted by molar-refractivity contribution is 5.89. The maximum atomic E-state index is 14.8. The van der Waals surface area contributed by atoms with E-state index in [0.717, 1.165) is 76.1 Å². The van der Waals surface area contributed by atoms with Gasteiger partial charge >= 0.3 is 6.09 Å². The Morgan fingerprint density at radius 1 is 1.04 bits per heavy atom. The molecule has 1 saturated carbocycles. The quantitative estimate of drug-likeness (QED) is 0.398. The lowest BCUT2D eigenvalue weighted by Gasteiger charge is -2.50. The third-order valence-corrected chi connectivity index (χ3v) is 11.1. The summed E-state index contributed by atoms with van der Waals surface area (Å²) < 4.78 is 33.1. The molecule has 2 aromatic carbocycles. The molecule has 47 heavy (non-hydrogen) atoms. The molecule has 6 rings (SSSR count). The molecule has 3 atom stereocenters. The average Bonchev–Trinajstić information content (AvgIpc) is 3.50. The molecular weight excluding hydrogens is 602 g/mol. The molecule has 2 amide bonds. The lowest BCUT2D eigenvalue weighted by Crippen LogP contribution is -2.60. The third kappa shape index (κ3) is 6.68. The fourth-order valence-electron chi connectivity index (χ4n) is 8.80. The van der Waals surface area contributed by atoms with Crippen LogP contribution in [-0.4, -0.2) is 94.0 Å². The van der Waals surface area contributed by atoms with Crippen LogP contribution in [0.15, 0.2) is 42.5 Å². The van der Waals surface area contributed by atoms with Gasteiger partial charge in [-0.25, -0.2) is 13.6 Å². The number of hydrogen-bond donors (Lipinski definition) is 2. The van der Waals surface area contributed by atoms with Crippen molar-refractivity contribution in [2.24, 2.45) is 17.8 Å². The number of halogens is 2. The second-order valence-electron chi connectivity index (χ2n) is 13.8. The number of hydrogen-bond acceptors (Lipinski definition) is 7. The number of nitrogens with one attached hydrogen (secondary N) is 2. The molecule has 0 spiro atoms. The van der Waals surface area contributed by atoms with Crippen LogP contribution in [0, 0.1) is 34.9 Å². The van der Waals surface area contributed by atoms with E-state index in [1.165, 1.54) is 19.2 Å². The van der Waals surface area contributed by atoms with Crippen LogP contribution in [0.25, 0.3) is 0 Å². The molecule has 3 saturated heterocycles. The molecule has 0 aromatic heterocycles. The zero-order chi connectivity index (χ0) is 33.1. The summed E-state index contributed by atoms with van der Waals surface area (Å²) in [6, 6.07) is 14.5. The Kier molecular flexibility index (Phi) is 9.99. The summed E-state index contributed by atoms with van der Waals surface area (Å²) in [4.78, 5) is 33.3. The molecular formula is C36H46F2N6O3. The van der Waals surface area contributed by atoms with Gasteiger partial charge in [0.1, 0.15) is 12.0 Å². The van der Waals surface area contributed by atoms with Crippen LogP contribution in [0.2, 0.25) is 0 Å². The van der Waals surface area contributed by atoms with E-state index in [0.29, 0.717) is 36.7 Å². The minimum Gasteiger partial charge on any atom is -0.453 e. The first-order chi connectivity index (χ1) is 22.7. The van der Waals surface area contributed by atoms with Crippen molar-refractivity contribution in [3.63, 3.8) is 0 Å². The second kappa shape index (κ2) is 14.2. The summed E-state index contributed by atoms with van der Waals surface area (Å²) in [6.45, 7) is 5.93. The summed E-state index contributed by atoms with van der Waals surface area (Å²) in [6.07, 6.45) is 2.65. The summed E-state index contributed by atoms with van der Waals surface area (Å²) in [5.74, 6) is -0.220. The number of benzene rings is 2. The molecule has 2 N–H and O–H groups in total. The van der Waals surface area contributed by atoms with Crippen molar-refractivity contribution in [1.29, 1.82) is 5.26 Å². The zero-order valence-corrected chi connectivity index (χ0v) is 27.4. The van der Waals surface area contributed by atoms with Gasteiger partial charge in [0.25, 0.3) is 0 Å². The number of ether oxygens (including phenoxy) is 1. The molecule has 1 aliphatic carbocycles. The van der Waals surface area contributed by atoms with Crippen molar-refractivity contribution in [3.05, 3.63) is 65.0 Å². The lowest BCUT2D eigenvalue weighted by molar-refractivity contribution is -0.132. The van der Waals surface area contributed by atoms with Crippen molar-refractivity contribution in [2.75, 3.05) is 64.9 Å². The Morgan fingerprint density at radius 3 is 2.47 bits per heavy atom. The van der Waals surface area contributed by atoms with E-state index >= 15 is 0 Å². The van der Waals surface area contributed by atoms with E-state index in [1.807, 2.05) is 23.1 Å². The highest BCUT2D eigenvalue weighted by atomic mass is 19.1. The van der Waals surface area contributed by atoms with Gasteiger partial charge in [-0.05, 0) is 92.1 Å². The Balaban J connectivity index is 1.12. The fourth-order valence-corrected chi connectivity index (χ4v) is 8.80. The normalized spacial score (nSPS) is 24.1. The highest BCUT2D eigenvalue weighted by Gasteiger charge is 2.56. The Bertz CT molecular complexity index is 1480. The standard InChI is InChI=1S/C36H46F2N6O3/c1-40-34(45)36(28-5-3-6-29(37)16-28,32-7-4-8-33(32)41-35(46)47-2)27-11-13-42(14-12-27)18-24-19-44(20-24)31-10-9-25(17-39)26(15-31)21-43-22-30(38)23-43/h3,5-6,9-10,15-16,24,27,30,32-33H,4,7-8,11-14,18-23H2,1-2H3,(H,40,45)(H,41,46)/t32-,33-,36+/m0/s1. The second-order valence-corrected chi connectivity index (χ2v) is 13.8. The van der Waals surface area contributed by atoms with Crippen molar-refractivity contribution in [3.8, 4) is 6.07 Å². The summed E-state index contributed by atoms with van der Waals surface area (Å²) in [5, 5.41) is 15.5. The summed E-state index contributed by atoms with van der Waals surface area (Å²) in [5.41, 5.74) is 2.38. The molecule has 4 fully saturated rings. The van der Waals surface area contributed by atoms with Crippen LogP contribution in [-0.2, 0) is 21.5 Å². The maximum absolute atomic E-state index is 14.8. The van der Waals surface area contributed by atoms with Gasteiger partial charge in [0.2, 0.25) is 5.91 Å². The van der Waals surface area contributed by atoms with Gasteiger partial charge in [-0.15, -0.1) is 0 Å². The van der Waals surface area contributed by atoms with Crippen LogP contribution < -0.4 is 15.5 Å². The first-order valence-electron chi connectivity index (χ1n) is 16.9. The molecule has 2 aromatic rings. The van der Waals surface area contributed by atoms with Gasteiger partial charge in [-0.3, -0.25) is 9.69 Å². The summed E-state index contributed by atoms with van der Waals surface area (Å²) >= 11 is 0. The first-order valence-corrected chi connectivity index (χ1v) is 16.9. The van der Waals surface area contributed by atoms with Gasteiger partial charge in [0.15, 0.2) is 0 Å². The predicted molar refractivity (Wildman–Crippen MR) is 175 cm³/mol. The monoisotopic (exact) mass is 648 g/mol. The zero-order valence-electron chi connectivity index (χ0n) is 27.4. The SMILES string of the molecule is CNC(=O)[C@@](c1cccc(F)c1)(C1CCN(CC2CN(c3ccc(C#N)c(CN4CC(F)C4)c3)C2)CC1)[C@H]1CCC[C@@H]1NC(=O)OC. The Morgan fingerprint density at radius 2 is 1.81 bits per heavy atom. The molecule has 252 valence electrons. The fraction of sp³-hybridized carbons (Fsp3) is 0.583. The molecule has 0 radical (unpaired) electrons. The number of nitrogens with zero attached hydrogens (tertiary/aromatic N) is 4. The van der Waals surface area contributed by atoms with Crippen LogP contribution in [0.4, 0.5) is 19.3 Å². The Labute approximate surface area is 276 Å². The lowest BCUT2D eigenvalue weighted by atomic mass is 9.57. The van der Waals surface area contributed by atoms with Gasteiger partial charge in [-0.1, -0.05) is 18.6 Å². The van der Waals surface area contributed by atoms with Crippen LogP contribution in [0.3, 0.4) is 0 Å². The Hall–Kier alpha value is -3.75. The number of nitriles is 1. The number of likely N-dealkylation sites (N-methyl/N-ethyl adjacent to an activating group) is 1. The molecule has 9 nitrogen and oxygen atoms in total. The highest BCUT2D eigenvalue weighted by Crippen LogP contribution is 2.51. The number of anilines is 1. The van der Waals surface area contributed by atoms with Gasteiger partial charge in [0, 0.05) is 64.0 Å². The van der Waals surface area contributed by atoms with Crippen LogP contribution in [0.5, 0.6) is 0 Å². The molecule has 11 heteroatoms. The first kappa shape index (κ1) is 33.2. The molecule has 0 bridgehead atoms. The van der Waals surface area contributed by atoms with Gasteiger partial charge < -0.3 is 25.2 Å². The molecule has 0 unspecified atom stereocenters. The van der Waals surface area contributed by atoms with E-state index in [2.05, 4.69) is 32.6 Å². The summed E-state index contributed by atoms with van der Waals surface area (Å²) in [7, 11) is 2.99. The molecule has 3 aliphatic heterocycles. The topological polar surface area (TPSA) is 101 Å². The largest absolute Gasteiger partial charge is 0.453 e. The number of rotatable bonds is 10. The number of carbonyl (C=O) groups excluding carboxylic acids is 2. The van der Waals surface area contributed by atoms with Crippen LogP contribution >= 0.6 is 0 Å². The van der Waals surface area contributed by atoms with E-state index in [1.54, 1.807) is 13.1 Å². The number of carbonyl (C=O) groups is 2. The number of alkyl carbamates (subject to hydrolysis) is 1. The van der Waals surface area contributed by atoms with Gasteiger partial charge in [0.05, 0.1) is 24.2 Å². The number of piperidine rings is 1. The van der Waals surface area contributed by atoms with E-state index < -0.39 is 17.7 Å². The minimum atomic E-state index is -0.993. The number of alkyl halides is 1. The molecule has 3 heterocycles. The smallest absolute Gasteiger partial charge is 0.407 e. The number of likely N-dealkylation sites (tertiary alicyclic amines) is 2. The van der Waals surface area contributed by atoms with E-state index in [9.17, 15) is 23.6 Å². The number of methoxy groups -OCH3 is 1. The van der Waals surface area contributed by atoms with Crippen molar-refractivity contribution < 1.29 is 23.1 Å². The third-order valence-electron chi connectivity index (χ3n) is 11.1. The van der Waals surface area contributed by atoms with Gasteiger partial charge in [-0.2, -0.15) is 5.26 Å². The molecule has 4 aliphatic rings.